The lowest BCUT2D eigenvalue weighted by molar-refractivity contribution is 0.196. The number of benzene rings is 1. The maximum absolute atomic E-state index is 6.01. The smallest absolute Gasteiger partial charge is 0.119 e. The predicted molar refractivity (Wildman–Crippen MR) is 135 cm³/mol. The van der Waals surface area contributed by atoms with Crippen LogP contribution in [0.1, 0.15) is 90.9 Å². The summed E-state index contributed by atoms with van der Waals surface area (Å²) in [5.41, 5.74) is 0. The zero-order chi connectivity index (χ0) is 22.4. The number of hydrogen-bond acceptors (Lipinski definition) is 2. The normalized spacial score (nSPS) is 25.8. The van der Waals surface area contributed by atoms with E-state index in [1.807, 2.05) is 31.2 Å². The van der Waals surface area contributed by atoms with Crippen LogP contribution in [0.5, 0.6) is 11.5 Å². The molecule has 0 aliphatic heterocycles. The van der Waals surface area contributed by atoms with Gasteiger partial charge in [-0.3, -0.25) is 0 Å². The van der Waals surface area contributed by atoms with E-state index in [0.717, 1.165) is 29.9 Å². The van der Waals surface area contributed by atoms with Crippen molar-refractivity contribution in [1.29, 1.82) is 0 Å². The Bertz CT molecular complexity index is 707. The van der Waals surface area contributed by atoms with Crippen LogP contribution in [0, 0.1) is 35.5 Å². The first kappa shape index (κ1) is 24.8. The van der Waals surface area contributed by atoms with Crippen LogP contribution in [-0.4, -0.2) is 13.2 Å². The van der Waals surface area contributed by atoms with Crippen LogP contribution >= 0.6 is 0 Å². The molecule has 2 fully saturated rings. The summed E-state index contributed by atoms with van der Waals surface area (Å²) in [5, 5.41) is 0. The van der Waals surface area contributed by atoms with E-state index in [1.165, 1.54) is 77.0 Å². The Labute approximate surface area is 197 Å². The molecule has 0 spiro atoms. The quantitative estimate of drug-likeness (QED) is 0.272. The van der Waals surface area contributed by atoms with Gasteiger partial charge in [0.15, 0.2) is 0 Å². The molecular formula is C30H44O2. The average molecular weight is 437 g/mol. The molecule has 0 unspecified atom stereocenters. The van der Waals surface area contributed by atoms with Crippen molar-refractivity contribution in [2.45, 2.75) is 90.9 Å². The summed E-state index contributed by atoms with van der Waals surface area (Å²) < 4.78 is 11.5. The van der Waals surface area contributed by atoms with Gasteiger partial charge in [-0.25, -0.2) is 0 Å². The van der Waals surface area contributed by atoms with Gasteiger partial charge in [0.25, 0.3) is 0 Å². The monoisotopic (exact) mass is 436 g/mol. The van der Waals surface area contributed by atoms with Crippen molar-refractivity contribution in [1.82, 2.24) is 0 Å². The van der Waals surface area contributed by atoms with Gasteiger partial charge in [-0.15, -0.1) is 0 Å². The van der Waals surface area contributed by atoms with Gasteiger partial charge in [0.2, 0.25) is 0 Å². The summed E-state index contributed by atoms with van der Waals surface area (Å²) in [5.74, 6) is 11.7. The molecule has 0 heterocycles. The van der Waals surface area contributed by atoms with Crippen LogP contribution in [0.4, 0.5) is 0 Å². The van der Waals surface area contributed by atoms with Crippen molar-refractivity contribution in [3.63, 3.8) is 0 Å². The lowest BCUT2D eigenvalue weighted by Crippen LogP contribution is -2.19. The summed E-state index contributed by atoms with van der Waals surface area (Å²) in [7, 11) is 0. The second kappa shape index (κ2) is 14.3. The van der Waals surface area contributed by atoms with E-state index in [2.05, 4.69) is 30.9 Å². The SMILES string of the molecule is CCCCCC1CCC(/C=C/C#CC2CCC(COc3ccc(OCC)cc3)CC2)CC1. The van der Waals surface area contributed by atoms with Crippen molar-refractivity contribution in [3.8, 4) is 23.3 Å². The summed E-state index contributed by atoms with van der Waals surface area (Å²) in [6.07, 6.45) is 20.7. The molecule has 0 radical (unpaired) electrons. The second-order valence-electron chi connectivity index (χ2n) is 9.86. The lowest BCUT2D eigenvalue weighted by atomic mass is 9.79. The Morgan fingerprint density at radius 3 is 2.12 bits per heavy atom. The highest BCUT2D eigenvalue weighted by Gasteiger charge is 2.21. The van der Waals surface area contributed by atoms with Gasteiger partial charge in [0.05, 0.1) is 13.2 Å². The average Bonchev–Trinajstić information content (AvgIpc) is 2.83. The zero-order valence-electron chi connectivity index (χ0n) is 20.5. The first-order valence-electron chi connectivity index (χ1n) is 13.3. The largest absolute Gasteiger partial charge is 0.494 e. The lowest BCUT2D eigenvalue weighted by Gasteiger charge is -2.26. The maximum atomic E-state index is 6.01. The molecule has 1 aromatic carbocycles. The molecule has 2 aliphatic rings. The Morgan fingerprint density at radius 1 is 0.812 bits per heavy atom. The van der Waals surface area contributed by atoms with Gasteiger partial charge >= 0.3 is 0 Å². The number of unbranched alkanes of at least 4 members (excludes halogenated alkanes) is 2. The van der Waals surface area contributed by atoms with Gasteiger partial charge < -0.3 is 9.47 Å². The molecule has 0 N–H and O–H groups in total. The topological polar surface area (TPSA) is 18.5 Å². The Kier molecular flexibility index (Phi) is 11.1. The fraction of sp³-hybridized carbons (Fsp3) is 0.667. The van der Waals surface area contributed by atoms with E-state index >= 15 is 0 Å². The van der Waals surface area contributed by atoms with Gasteiger partial charge in [0, 0.05) is 5.92 Å². The van der Waals surface area contributed by atoms with Crippen LogP contribution in [0.15, 0.2) is 36.4 Å². The predicted octanol–water partition coefficient (Wildman–Crippen LogP) is 8.22. The third-order valence-corrected chi connectivity index (χ3v) is 7.31. The number of ether oxygens (including phenoxy) is 2. The molecule has 0 bridgehead atoms. The van der Waals surface area contributed by atoms with Crippen LogP contribution < -0.4 is 9.47 Å². The fourth-order valence-corrected chi connectivity index (χ4v) is 5.19. The molecule has 176 valence electrons. The van der Waals surface area contributed by atoms with Crippen LogP contribution in [0.3, 0.4) is 0 Å². The molecule has 0 aromatic heterocycles. The molecule has 0 atom stereocenters. The third-order valence-electron chi connectivity index (χ3n) is 7.31. The molecule has 2 aliphatic carbocycles. The van der Waals surface area contributed by atoms with Crippen molar-refractivity contribution in [3.05, 3.63) is 36.4 Å². The Hall–Kier alpha value is -1.88. The number of allylic oxidation sites excluding steroid dienone is 2. The highest BCUT2D eigenvalue weighted by atomic mass is 16.5. The van der Waals surface area contributed by atoms with E-state index in [4.69, 9.17) is 9.47 Å². The first-order valence-corrected chi connectivity index (χ1v) is 13.3. The van der Waals surface area contributed by atoms with Crippen molar-refractivity contribution in [2.24, 2.45) is 23.7 Å². The van der Waals surface area contributed by atoms with Crippen LogP contribution in [-0.2, 0) is 0 Å². The maximum Gasteiger partial charge on any atom is 0.119 e. The standard InChI is InChI=1S/C30H44O2/c1-3-5-6-9-25-12-14-26(15-13-25)10-7-8-11-27-16-18-28(19-17-27)24-32-30-22-20-29(21-23-30)31-4-2/h7,10,20-23,25-28H,3-6,9,12-19,24H2,1-2H3/b10-7+. The van der Waals surface area contributed by atoms with E-state index in [9.17, 15) is 0 Å². The van der Waals surface area contributed by atoms with Gasteiger partial charge in [0.1, 0.15) is 11.5 Å². The molecular weight excluding hydrogens is 392 g/mol. The summed E-state index contributed by atoms with van der Waals surface area (Å²) in [6, 6.07) is 7.98. The summed E-state index contributed by atoms with van der Waals surface area (Å²) in [6.45, 7) is 5.81. The molecule has 2 saturated carbocycles. The molecule has 0 amide bonds. The minimum absolute atomic E-state index is 0.565. The van der Waals surface area contributed by atoms with Crippen molar-refractivity contribution in [2.75, 3.05) is 13.2 Å². The zero-order valence-corrected chi connectivity index (χ0v) is 20.5. The van der Waals surface area contributed by atoms with Crippen LogP contribution in [0.25, 0.3) is 0 Å². The third kappa shape index (κ3) is 8.93. The summed E-state index contributed by atoms with van der Waals surface area (Å²) in [4.78, 5) is 0. The van der Waals surface area contributed by atoms with E-state index < -0.39 is 0 Å². The highest BCUT2D eigenvalue weighted by Crippen LogP contribution is 2.33. The van der Waals surface area contributed by atoms with Crippen molar-refractivity contribution >= 4 is 0 Å². The fourth-order valence-electron chi connectivity index (χ4n) is 5.19. The molecule has 1 aromatic rings. The molecule has 2 nitrogen and oxygen atoms in total. The van der Waals surface area contributed by atoms with E-state index in [1.54, 1.807) is 0 Å². The number of rotatable bonds is 10. The number of hydrogen-bond donors (Lipinski definition) is 0. The van der Waals surface area contributed by atoms with Crippen molar-refractivity contribution < 1.29 is 9.47 Å². The van der Waals surface area contributed by atoms with E-state index in [-0.39, 0.29) is 0 Å². The Balaban J connectivity index is 1.28. The highest BCUT2D eigenvalue weighted by molar-refractivity contribution is 5.31. The molecule has 3 rings (SSSR count). The molecule has 0 saturated heterocycles. The minimum atomic E-state index is 0.565. The molecule has 2 heteroatoms. The second-order valence-corrected chi connectivity index (χ2v) is 9.86. The summed E-state index contributed by atoms with van der Waals surface area (Å²) >= 11 is 0. The minimum Gasteiger partial charge on any atom is -0.494 e. The Morgan fingerprint density at radius 2 is 1.47 bits per heavy atom. The van der Waals surface area contributed by atoms with E-state index in [0.29, 0.717) is 18.4 Å². The van der Waals surface area contributed by atoms with Crippen LogP contribution in [0.2, 0.25) is 0 Å². The molecule has 32 heavy (non-hydrogen) atoms. The van der Waals surface area contributed by atoms with Gasteiger partial charge in [-0.05, 0) is 106 Å². The van der Waals surface area contributed by atoms with Gasteiger partial charge in [-0.1, -0.05) is 50.5 Å². The first-order chi connectivity index (χ1) is 15.8. The van der Waals surface area contributed by atoms with Gasteiger partial charge in [-0.2, -0.15) is 0 Å².